The Labute approximate surface area is 164 Å². The van der Waals surface area contributed by atoms with Crippen LogP contribution < -0.4 is 15.6 Å². The van der Waals surface area contributed by atoms with Crippen LogP contribution in [0.4, 0.5) is 0 Å². The van der Waals surface area contributed by atoms with E-state index in [1.165, 1.54) is 6.07 Å². The van der Waals surface area contributed by atoms with Crippen LogP contribution in [0.5, 0.6) is 5.75 Å². The lowest BCUT2D eigenvalue weighted by Gasteiger charge is -2.10. The summed E-state index contributed by atoms with van der Waals surface area (Å²) in [6.45, 7) is 0.152. The molecule has 1 heterocycles. The first-order chi connectivity index (χ1) is 13.1. The standard InChI is InChI=1S/C20H18BrN3O3/c1-27-18-8-3-2-5-15(18)12-22-19(25)13-24-20(26)10-9-17(23-24)14-6-4-7-16(21)11-14/h2-11H,12-13H2,1H3,(H,22,25). The Bertz CT molecular complexity index is 1020. The fourth-order valence-electron chi connectivity index (χ4n) is 2.60. The highest BCUT2D eigenvalue weighted by Gasteiger charge is 2.09. The SMILES string of the molecule is COc1ccccc1CNC(=O)Cn1nc(-c2cccc(Br)c2)ccc1=O. The minimum atomic E-state index is -0.332. The number of amides is 1. The zero-order chi connectivity index (χ0) is 19.2. The number of hydrogen-bond acceptors (Lipinski definition) is 4. The molecule has 3 aromatic rings. The summed E-state index contributed by atoms with van der Waals surface area (Å²) in [5, 5.41) is 7.10. The molecule has 0 radical (unpaired) electrons. The van der Waals surface area contributed by atoms with Gasteiger partial charge in [-0.25, -0.2) is 4.68 Å². The molecule has 1 N–H and O–H groups in total. The second-order valence-corrected chi connectivity index (χ2v) is 6.73. The fraction of sp³-hybridized carbons (Fsp3) is 0.150. The Balaban J connectivity index is 1.72. The molecule has 27 heavy (non-hydrogen) atoms. The molecule has 0 aliphatic rings. The lowest BCUT2D eigenvalue weighted by Crippen LogP contribution is -2.33. The van der Waals surface area contributed by atoms with E-state index in [1.54, 1.807) is 13.2 Å². The van der Waals surface area contributed by atoms with Gasteiger partial charge in [-0.2, -0.15) is 5.10 Å². The number of halogens is 1. The van der Waals surface area contributed by atoms with Crippen molar-refractivity contribution in [1.82, 2.24) is 15.1 Å². The number of methoxy groups -OCH3 is 1. The highest BCUT2D eigenvalue weighted by molar-refractivity contribution is 9.10. The molecule has 0 unspecified atom stereocenters. The lowest BCUT2D eigenvalue weighted by molar-refractivity contribution is -0.122. The van der Waals surface area contributed by atoms with Crippen LogP contribution in [-0.4, -0.2) is 22.8 Å². The molecular formula is C20H18BrN3O3. The van der Waals surface area contributed by atoms with Crippen LogP contribution in [0.25, 0.3) is 11.3 Å². The lowest BCUT2D eigenvalue weighted by atomic mass is 10.1. The summed E-state index contributed by atoms with van der Waals surface area (Å²) in [5.74, 6) is 0.395. The van der Waals surface area contributed by atoms with Crippen LogP contribution in [0.15, 0.2) is 69.9 Å². The molecule has 6 nitrogen and oxygen atoms in total. The van der Waals surface area contributed by atoms with E-state index in [2.05, 4.69) is 26.3 Å². The number of hydrogen-bond donors (Lipinski definition) is 1. The minimum absolute atomic E-state index is 0.157. The van der Waals surface area contributed by atoms with Gasteiger partial charge in [0.05, 0.1) is 12.8 Å². The Hall–Kier alpha value is -2.93. The maximum absolute atomic E-state index is 12.3. The Kier molecular flexibility index (Phi) is 6.03. The molecule has 0 aliphatic carbocycles. The number of carbonyl (C=O) groups is 1. The minimum Gasteiger partial charge on any atom is -0.496 e. The van der Waals surface area contributed by atoms with Crippen molar-refractivity contribution in [2.45, 2.75) is 13.1 Å². The van der Waals surface area contributed by atoms with Gasteiger partial charge in [0.1, 0.15) is 12.3 Å². The smallest absolute Gasteiger partial charge is 0.267 e. The van der Waals surface area contributed by atoms with Crippen LogP contribution >= 0.6 is 15.9 Å². The zero-order valence-corrected chi connectivity index (χ0v) is 16.3. The van der Waals surface area contributed by atoms with Crippen LogP contribution in [0.2, 0.25) is 0 Å². The first-order valence-electron chi connectivity index (χ1n) is 8.29. The van der Waals surface area contributed by atoms with E-state index in [-0.39, 0.29) is 18.0 Å². The summed E-state index contributed by atoms with van der Waals surface area (Å²) >= 11 is 3.42. The van der Waals surface area contributed by atoms with E-state index in [0.29, 0.717) is 18.0 Å². The summed E-state index contributed by atoms with van der Waals surface area (Å²) in [6.07, 6.45) is 0. The van der Waals surface area contributed by atoms with Gasteiger partial charge in [0.15, 0.2) is 0 Å². The quantitative estimate of drug-likeness (QED) is 0.655. The number of benzene rings is 2. The molecular weight excluding hydrogens is 410 g/mol. The van der Waals surface area contributed by atoms with Crippen molar-refractivity contribution in [3.63, 3.8) is 0 Å². The molecule has 0 saturated carbocycles. The van der Waals surface area contributed by atoms with Crippen LogP contribution in [0, 0.1) is 0 Å². The topological polar surface area (TPSA) is 73.2 Å². The summed E-state index contributed by atoms with van der Waals surface area (Å²) in [5.41, 5.74) is 2.00. The van der Waals surface area contributed by atoms with Crippen LogP contribution in [0.3, 0.4) is 0 Å². The summed E-state index contributed by atoms with van der Waals surface area (Å²) in [7, 11) is 1.58. The molecule has 1 aromatic heterocycles. The van der Waals surface area contributed by atoms with Gasteiger partial charge in [0, 0.05) is 28.2 Å². The Morgan fingerprint density at radius 1 is 1.15 bits per heavy atom. The second kappa shape index (κ2) is 8.64. The summed E-state index contributed by atoms with van der Waals surface area (Å²) in [6, 6.07) is 18.1. The molecule has 0 aliphatic heterocycles. The fourth-order valence-corrected chi connectivity index (χ4v) is 3.00. The van der Waals surface area contributed by atoms with Gasteiger partial charge in [-0.3, -0.25) is 9.59 Å². The average molecular weight is 428 g/mol. The molecule has 1 amide bonds. The van der Waals surface area contributed by atoms with Crippen molar-refractivity contribution in [2.24, 2.45) is 0 Å². The van der Waals surface area contributed by atoms with Crippen molar-refractivity contribution < 1.29 is 9.53 Å². The molecule has 3 rings (SSSR count). The van der Waals surface area contributed by atoms with Gasteiger partial charge in [-0.15, -0.1) is 0 Å². The van der Waals surface area contributed by atoms with Gasteiger partial charge < -0.3 is 10.1 Å². The number of nitrogens with one attached hydrogen (secondary N) is 1. The van der Waals surface area contributed by atoms with Crippen molar-refractivity contribution in [2.75, 3.05) is 7.11 Å². The number of carbonyl (C=O) groups excluding carboxylic acids is 1. The van der Waals surface area contributed by atoms with Gasteiger partial charge in [-0.05, 0) is 24.3 Å². The second-order valence-electron chi connectivity index (χ2n) is 5.81. The van der Waals surface area contributed by atoms with Crippen molar-refractivity contribution in [3.05, 3.63) is 81.1 Å². The predicted octanol–water partition coefficient (Wildman–Crippen LogP) is 3.00. The number of aromatic nitrogens is 2. The maximum atomic E-state index is 12.3. The Morgan fingerprint density at radius 2 is 1.96 bits per heavy atom. The third-order valence-electron chi connectivity index (χ3n) is 3.95. The molecule has 0 bridgehead atoms. The van der Waals surface area contributed by atoms with Crippen molar-refractivity contribution >= 4 is 21.8 Å². The molecule has 0 saturated heterocycles. The molecule has 138 valence electrons. The van der Waals surface area contributed by atoms with E-state index >= 15 is 0 Å². The van der Waals surface area contributed by atoms with E-state index in [9.17, 15) is 9.59 Å². The normalized spacial score (nSPS) is 10.4. The van der Waals surface area contributed by atoms with E-state index < -0.39 is 0 Å². The van der Waals surface area contributed by atoms with Gasteiger partial charge in [0.2, 0.25) is 5.91 Å². The molecule has 0 fully saturated rings. The first-order valence-corrected chi connectivity index (χ1v) is 9.09. The van der Waals surface area contributed by atoms with E-state index in [0.717, 1.165) is 20.3 Å². The zero-order valence-electron chi connectivity index (χ0n) is 14.7. The number of rotatable bonds is 6. The number of nitrogens with zero attached hydrogens (tertiary/aromatic N) is 2. The molecule has 0 spiro atoms. The molecule has 7 heteroatoms. The monoisotopic (exact) mass is 427 g/mol. The largest absolute Gasteiger partial charge is 0.496 e. The molecule has 2 aromatic carbocycles. The van der Waals surface area contributed by atoms with Gasteiger partial charge >= 0.3 is 0 Å². The third kappa shape index (κ3) is 4.83. The predicted molar refractivity (Wildman–Crippen MR) is 106 cm³/mol. The van der Waals surface area contributed by atoms with Gasteiger partial charge in [-0.1, -0.05) is 46.3 Å². The maximum Gasteiger partial charge on any atom is 0.267 e. The van der Waals surface area contributed by atoms with Crippen molar-refractivity contribution in [1.29, 1.82) is 0 Å². The van der Waals surface area contributed by atoms with Crippen LogP contribution in [-0.2, 0) is 17.9 Å². The van der Waals surface area contributed by atoms with Crippen LogP contribution in [0.1, 0.15) is 5.56 Å². The van der Waals surface area contributed by atoms with E-state index in [4.69, 9.17) is 4.74 Å². The number of ether oxygens (including phenoxy) is 1. The first kappa shape index (κ1) is 18.8. The third-order valence-corrected chi connectivity index (χ3v) is 4.44. The Morgan fingerprint density at radius 3 is 2.74 bits per heavy atom. The highest BCUT2D eigenvalue weighted by atomic mass is 79.9. The highest BCUT2D eigenvalue weighted by Crippen LogP contribution is 2.20. The number of para-hydroxylation sites is 1. The van der Waals surface area contributed by atoms with Crippen molar-refractivity contribution in [3.8, 4) is 17.0 Å². The summed E-state index contributed by atoms with van der Waals surface area (Å²) in [4.78, 5) is 24.4. The van der Waals surface area contributed by atoms with E-state index in [1.807, 2.05) is 48.5 Å². The average Bonchev–Trinajstić information content (AvgIpc) is 2.68. The molecule has 0 atom stereocenters. The van der Waals surface area contributed by atoms with Gasteiger partial charge in [0.25, 0.3) is 5.56 Å². The summed E-state index contributed by atoms with van der Waals surface area (Å²) < 4.78 is 7.34.